The molecule has 27 heavy (non-hydrogen) atoms. The Hall–Kier alpha value is -2.77. The number of nitrogens with one attached hydrogen (secondary N) is 1. The fourth-order valence-corrected chi connectivity index (χ4v) is 2.85. The van der Waals surface area contributed by atoms with Crippen LogP contribution < -0.4 is 5.32 Å². The normalized spacial score (nSPS) is 15.0. The third-order valence-corrected chi connectivity index (χ3v) is 4.38. The number of piperidine rings is 1. The van der Waals surface area contributed by atoms with E-state index in [1.807, 2.05) is 0 Å². The molecule has 0 unspecified atom stereocenters. The van der Waals surface area contributed by atoms with E-state index < -0.39 is 23.5 Å². The van der Waals surface area contributed by atoms with Gasteiger partial charge in [0.1, 0.15) is 11.6 Å². The lowest BCUT2D eigenvalue weighted by atomic mass is 9.95. The first-order valence-corrected chi connectivity index (χ1v) is 8.69. The van der Waals surface area contributed by atoms with E-state index in [4.69, 9.17) is 0 Å². The third kappa shape index (κ3) is 5.87. The molecule has 1 aliphatic heterocycles. The van der Waals surface area contributed by atoms with E-state index in [1.165, 1.54) is 18.1 Å². The summed E-state index contributed by atoms with van der Waals surface area (Å²) in [5, 5.41) is 2.79. The van der Waals surface area contributed by atoms with Crippen molar-refractivity contribution in [1.29, 1.82) is 0 Å². The van der Waals surface area contributed by atoms with Crippen molar-refractivity contribution in [3.63, 3.8) is 0 Å². The van der Waals surface area contributed by atoms with Crippen molar-refractivity contribution in [3.05, 3.63) is 47.5 Å². The molecule has 0 atom stereocenters. The molecule has 0 radical (unpaired) electrons. The smallest absolute Gasteiger partial charge is 0.330 e. The van der Waals surface area contributed by atoms with Gasteiger partial charge in [0.15, 0.2) is 0 Å². The predicted octanol–water partition coefficient (Wildman–Crippen LogP) is 2.05. The van der Waals surface area contributed by atoms with Crippen LogP contribution in [0.2, 0.25) is 0 Å². The van der Waals surface area contributed by atoms with Gasteiger partial charge in [-0.15, -0.1) is 0 Å². The van der Waals surface area contributed by atoms with E-state index in [0.717, 1.165) is 12.1 Å². The topological polar surface area (TPSA) is 75.7 Å². The molecular weight excluding hydrogens is 358 g/mol. The number of carbonyl (C=O) groups excluding carboxylic acids is 3. The molecule has 1 N–H and O–H groups in total. The lowest BCUT2D eigenvalue weighted by Crippen LogP contribution is -2.43. The van der Waals surface area contributed by atoms with Crippen LogP contribution in [-0.4, -0.2) is 49.4 Å². The van der Waals surface area contributed by atoms with Crippen molar-refractivity contribution in [3.8, 4) is 0 Å². The molecule has 0 saturated carbocycles. The Bertz CT molecular complexity index is 728. The molecule has 0 aromatic heterocycles. The quantitative estimate of drug-likeness (QED) is 0.466. The summed E-state index contributed by atoms with van der Waals surface area (Å²) in [5.74, 6) is -2.91. The SMILES string of the molecule is COC(=O)/C=C/CCNC(=O)C1CCN(C(=O)c2ccc(F)cc2F)CC1. The average Bonchev–Trinajstić information content (AvgIpc) is 2.67. The average molecular weight is 380 g/mol. The molecule has 1 aromatic carbocycles. The second-order valence-electron chi connectivity index (χ2n) is 6.20. The Morgan fingerprint density at radius 1 is 1.26 bits per heavy atom. The number of benzene rings is 1. The number of amides is 2. The molecule has 1 heterocycles. The highest BCUT2D eigenvalue weighted by atomic mass is 19.1. The molecule has 0 aliphatic carbocycles. The van der Waals surface area contributed by atoms with Crippen LogP contribution in [-0.2, 0) is 14.3 Å². The molecular formula is C19H22F2N2O4. The van der Waals surface area contributed by atoms with E-state index in [-0.39, 0.29) is 17.4 Å². The van der Waals surface area contributed by atoms with Gasteiger partial charge in [0.2, 0.25) is 5.91 Å². The Kier molecular flexibility index (Phi) is 7.45. The Balaban J connectivity index is 1.77. The van der Waals surface area contributed by atoms with Crippen molar-refractivity contribution in [2.45, 2.75) is 19.3 Å². The van der Waals surface area contributed by atoms with Gasteiger partial charge < -0.3 is 15.0 Å². The second-order valence-corrected chi connectivity index (χ2v) is 6.20. The van der Waals surface area contributed by atoms with E-state index in [2.05, 4.69) is 10.1 Å². The van der Waals surface area contributed by atoms with Crippen LogP contribution in [0, 0.1) is 17.6 Å². The zero-order valence-electron chi connectivity index (χ0n) is 15.0. The highest BCUT2D eigenvalue weighted by Crippen LogP contribution is 2.20. The highest BCUT2D eigenvalue weighted by Gasteiger charge is 2.28. The summed E-state index contributed by atoms with van der Waals surface area (Å²) < 4.78 is 31.2. The van der Waals surface area contributed by atoms with E-state index in [1.54, 1.807) is 6.08 Å². The van der Waals surface area contributed by atoms with Crippen molar-refractivity contribution < 1.29 is 27.9 Å². The van der Waals surface area contributed by atoms with E-state index in [0.29, 0.717) is 45.0 Å². The van der Waals surface area contributed by atoms with Crippen molar-refractivity contribution in [2.75, 3.05) is 26.7 Å². The van der Waals surface area contributed by atoms with Gasteiger partial charge in [0, 0.05) is 37.7 Å². The van der Waals surface area contributed by atoms with Crippen LogP contribution >= 0.6 is 0 Å². The maximum absolute atomic E-state index is 13.7. The lowest BCUT2D eigenvalue weighted by molar-refractivity contribution is -0.134. The number of likely N-dealkylation sites (tertiary alicyclic amines) is 1. The molecule has 1 aliphatic rings. The van der Waals surface area contributed by atoms with Crippen LogP contribution in [0.4, 0.5) is 8.78 Å². The first-order chi connectivity index (χ1) is 12.9. The molecule has 8 heteroatoms. The maximum Gasteiger partial charge on any atom is 0.330 e. The molecule has 1 saturated heterocycles. The number of hydrogen-bond acceptors (Lipinski definition) is 4. The van der Waals surface area contributed by atoms with Gasteiger partial charge in [-0.25, -0.2) is 13.6 Å². The monoisotopic (exact) mass is 380 g/mol. The number of hydrogen-bond donors (Lipinski definition) is 1. The highest BCUT2D eigenvalue weighted by molar-refractivity contribution is 5.94. The number of methoxy groups -OCH3 is 1. The lowest BCUT2D eigenvalue weighted by Gasteiger charge is -2.31. The summed E-state index contributed by atoms with van der Waals surface area (Å²) in [7, 11) is 1.29. The molecule has 0 spiro atoms. The van der Waals surface area contributed by atoms with Gasteiger partial charge in [0.25, 0.3) is 5.91 Å². The van der Waals surface area contributed by atoms with Crippen molar-refractivity contribution in [1.82, 2.24) is 10.2 Å². The van der Waals surface area contributed by atoms with E-state index >= 15 is 0 Å². The molecule has 146 valence electrons. The Labute approximate surface area is 156 Å². The fraction of sp³-hybridized carbons (Fsp3) is 0.421. The third-order valence-electron chi connectivity index (χ3n) is 4.38. The van der Waals surface area contributed by atoms with Gasteiger partial charge in [-0.1, -0.05) is 6.08 Å². The number of rotatable bonds is 6. The number of carbonyl (C=O) groups is 3. The van der Waals surface area contributed by atoms with Gasteiger partial charge in [0.05, 0.1) is 12.7 Å². The van der Waals surface area contributed by atoms with Crippen molar-refractivity contribution in [2.24, 2.45) is 5.92 Å². The Morgan fingerprint density at radius 2 is 1.96 bits per heavy atom. The van der Waals surface area contributed by atoms with E-state index in [9.17, 15) is 23.2 Å². The minimum Gasteiger partial charge on any atom is -0.466 e. The number of esters is 1. The van der Waals surface area contributed by atoms with Crippen LogP contribution in [0.3, 0.4) is 0 Å². The van der Waals surface area contributed by atoms with Gasteiger partial charge in [-0.2, -0.15) is 0 Å². The summed E-state index contributed by atoms with van der Waals surface area (Å²) in [4.78, 5) is 36.9. The first kappa shape index (κ1) is 20.5. The number of ether oxygens (including phenoxy) is 1. The van der Waals surface area contributed by atoms with Gasteiger partial charge >= 0.3 is 5.97 Å². The fourth-order valence-electron chi connectivity index (χ4n) is 2.85. The summed E-state index contributed by atoms with van der Waals surface area (Å²) in [5.41, 5.74) is -0.170. The summed E-state index contributed by atoms with van der Waals surface area (Å²) in [6.07, 6.45) is 4.36. The molecule has 1 aromatic rings. The molecule has 1 fully saturated rings. The predicted molar refractivity (Wildman–Crippen MR) is 93.8 cm³/mol. The Morgan fingerprint density at radius 3 is 2.59 bits per heavy atom. The van der Waals surface area contributed by atoms with Crippen LogP contribution in [0.5, 0.6) is 0 Å². The largest absolute Gasteiger partial charge is 0.466 e. The first-order valence-electron chi connectivity index (χ1n) is 8.69. The summed E-state index contributed by atoms with van der Waals surface area (Å²) in [6.45, 7) is 1.05. The minimum absolute atomic E-state index is 0.110. The van der Waals surface area contributed by atoms with Crippen LogP contribution in [0.15, 0.2) is 30.4 Å². The zero-order valence-corrected chi connectivity index (χ0v) is 15.0. The maximum atomic E-state index is 13.7. The molecule has 6 nitrogen and oxygen atoms in total. The standard InChI is InChI=1S/C19H22F2N2O4/c1-27-17(24)4-2-3-9-22-18(25)13-7-10-23(11-8-13)19(26)15-6-5-14(20)12-16(15)21/h2,4-6,12-13H,3,7-11H2,1H3,(H,22,25)/b4-2+. The van der Waals surface area contributed by atoms with Gasteiger partial charge in [-0.3, -0.25) is 9.59 Å². The minimum atomic E-state index is -0.889. The summed E-state index contributed by atoms with van der Waals surface area (Å²) in [6, 6.07) is 2.86. The molecule has 2 amide bonds. The number of nitrogens with zero attached hydrogens (tertiary/aromatic N) is 1. The van der Waals surface area contributed by atoms with Gasteiger partial charge in [-0.05, 0) is 31.4 Å². The molecule has 0 bridgehead atoms. The van der Waals surface area contributed by atoms with Crippen LogP contribution in [0.1, 0.15) is 29.6 Å². The second kappa shape index (κ2) is 9.80. The number of halogens is 2. The van der Waals surface area contributed by atoms with Crippen molar-refractivity contribution >= 4 is 17.8 Å². The molecule has 2 rings (SSSR count). The summed E-state index contributed by atoms with van der Waals surface area (Å²) >= 11 is 0. The van der Waals surface area contributed by atoms with Crippen LogP contribution in [0.25, 0.3) is 0 Å². The zero-order chi connectivity index (χ0) is 19.8.